The lowest BCUT2D eigenvalue weighted by atomic mass is 10.1. The van der Waals surface area contributed by atoms with E-state index in [1.807, 2.05) is 85.8 Å². The Morgan fingerprint density at radius 2 is 1.66 bits per heavy atom. The first-order valence-corrected chi connectivity index (χ1v) is 9.65. The van der Waals surface area contributed by atoms with Crippen LogP contribution >= 0.6 is 0 Å². The first kappa shape index (κ1) is 18.7. The molecule has 4 rings (SSSR count). The van der Waals surface area contributed by atoms with Crippen molar-refractivity contribution in [3.63, 3.8) is 0 Å². The summed E-state index contributed by atoms with van der Waals surface area (Å²) in [7, 11) is 0. The van der Waals surface area contributed by atoms with Gasteiger partial charge in [-0.25, -0.2) is 0 Å². The normalized spacial score (nSPS) is 12.9. The van der Waals surface area contributed by atoms with Gasteiger partial charge < -0.3 is 14.5 Å². The van der Waals surface area contributed by atoms with E-state index >= 15 is 0 Å². The third kappa shape index (κ3) is 3.85. The number of fused-ring (bicyclic) bond motifs is 1. The van der Waals surface area contributed by atoms with E-state index < -0.39 is 0 Å². The van der Waals surface area contributed by atoms with Crippen LogP contribution in [0.15, 0.2) is 78.9 Å². The summed E-state index contributed by atoms with van der Waals surface area (Å²) in [5.41, 5.74) is 3.22. The lowest BCUT2D eigenvalue weighted by molar-refractivity contribution is -0.121. The minimum atomic E-state index is -0.0786. The molecule has 1 aliphatic rings. The summed E-state index contributed by atoms with van der Waals surface area (Å²) >= 11 is 0. The van der Waals surface area contributed by atoms with E-state index in [4.69, 9.17) is 4.74 Å². The highest BCUT2D eigenvalue weighted by atomic mass is 16.5. The Balaban J connectivity index is 1.53. The van der Waals surface area contributed by atoms with Gasteiger partial charge in [0.25, 0.3) is 11.8 Å². The first-order valence-electron chi connectivity index (χ1n) is 9.65. The molecule has 0 spiro atoms. The van der Waals surface area contributed by atoms with Crippen molar-refractivity contribution in [1.29, 1.82) is 0 Å². The van der Waals surface area contributed by atoms with Crippen molar-refractivity contribution in [2.75, 3.05) is 23.0 Å². The molecular formula is C24H22N2O3. The van der Waals surface area contributed by atoms with Crippen molar-refractivity contribution >= 4 is 23.2 Å². The van der Waals surface area contributed by atoms with Crippen molar-refractivity contribution < 1.29 is 14.3 Å². The van der Waals surface area contributed by atoms with Crippen molar-refractivity contribution in [3.05, 3.63) is 90.0 Å². The molecule has 0 aliphatic carbocycles. The zero-order valence-electron chi connectivity index (χ0n) is 16.2. The number of ether oxygens (including phenoxy) is 1. The Labute approximate surface area is 170 Å². The molecule has 29 heavy (non-hydrogen) atoms. The monoisotopic (exact) mass is 386 g/mol. The van der Waals surface area contributed by atoms with Crippen molar-refractivity contribution in [2.24, 2.45) is 0 Å². The Morgan fingerprint density at radius 1 is 0.966 bits per heavy atom. The van der Waals surface area contributed by atoms with Crippen molar-refractivity contribution in [1.82, 2.24) is 0 Å². The zero-order chi connectivity index (χ0) is 20.2. The molecule has 0 atom stereocenters. The summed E-state index contributed by atoms with van der Waals surface area (Å²) in [6, 6.07) is 24.6. The Morgan fingerprint density at radius 3 is 2.38 bits per heavy atom. The number of nitrogens with zero attached hydrogens (tertiary/aromatic N) is 2. The molecule has 0 radical (unpaired) electrons. The molecule has 0 fully saturated rings. The quantitative estimate of drug-likeness (QED) is 0.658. The van der Waals surface area contributed by atoms with Gasteiger partial charge in [-0.05, 0) is 48.9 Å². The van der Waals surface area contributed by atoms with Crippen LogP contribution in [0.25, 0.3) is 0 Å². The van der Waals surface area contributed by atoms with E-state index in [9.17, 15) is 9.59 Å². The number of hydrogen-bond donors (Lipinski definition) is 0. The maximum atomic E-state index is 12.9. The minimum Gasteiger partial charge on any atom is -0.482 e. The van der Waals surface area contributed by atoms with Crippen LogP contribution in [-0.2, 0) is 11.3 Å². The number of anilines is 2. The molecule has 0 saturated carbocycles. The molecule has 2 amide bonds. The topological polar surface area (TPSA) is 49.9 Å². The molecular weight excluding hydrogens is 364 g/mol. The van der Waals surface area contributed by atoms with Crippen LogP contribution in [0.3, 0.4) is 0 Å². The number of amides is 2. The van der Waals surface area contributed by atoms with Crippen LogP contribution in [0, 0.1) is 0 Å². The predicted molar refractivity (Wildman–Crippen MR) is 113 cm³/mol. The van der Waals surface area contributed by atoms with Crippen LogP contribution in [0.4, 0.5) is 11.4 Å². The van der Waals surface area contributed by atoms with Crippen LogP contribution in [-0.4, -0.2) is 25.0 Å². The molecule has 5 nitrogen and oxygen atoms in total. The SMILES string of the molecule is CCN(C(=O)c1ccc(CN2C(=O)COc3ccccc32)cc1)c1ccccc1. The molecule has 146 valence electrons. The minimum absolute atomic E-state index is 0.0378. The average molecular weight is 386 g/mol. The number of benzene rings is 3. The number of carbonyl (C=O) groups excluding carboxylic acids is 2. The zero-order valence-corrected chi connectivity index (χ0v) is 16.2. The fourth-order valence-corrected chi connectivity index (χ4v) is 3.47. The van der Waals surface area contributed by atoms with E-state index in [1.54, 1.807) is 9.80 Å². The number of carbonyl (C=O) groups is 2. The summed E-state index contributed by atoms with van der Waals surface area (Å²) in [6.45, 7) is 3.02. The molecule has 0 saturated heterocycles. The number of rotatable bonds is 5. The van der Waals surface area contributed by atoms with Crippen LogP contribution in [0.5, 0.6) is 5.75 Å². The van der Waals surface area contributed by atoms with E-state index in [2.05, 4.69) is 0 Å². The first-order chi connectivity index (χ1) is 14.2. The third-order valence-corrected chi connectivity index (χ3v) is 4.98. The van der Waals surface area contributed by atoms with Crippen LogP contribution < -0.4 is 14.5 Å². The fraction of sp³-hybridized carbons (Fsp3) is 0.167. The number of hydrogen-bond acceptors (Lipinski definition) is 3. The Kier molecular flexibility index (Phi) is 5.29. The Hall–Kier alpha value is -3.60. The van der Waals surface area contributed by atoms with Crippen LogP contribution in [0.2, 0.25) is 0 Å². The maximum absolute atomic E-state index is 12.9. The molecule has 1 heterocycles. The van der Waals surface area contributed by atoms with E-state index in [0.717, 1.165) is 16.9 Å². The highest BCUT2D eigenvalue weighted by molar-refractivity contribution is 6.06. The molecule has 0 bridgehead atoms. The van der Waals surface area contributed by atoms with Crippen molar-refractivity contribution in [3.8, 4) is 5.75 Å². The van der Waals surface area contributed by atoms with Gasteiger partial charge in [-0.1, -0.05) is 42.5 Å². The summed E-state index contributed by atoms with van der Waals surface area (Å²) < 4.78 is 5.49. The highest BCUT2D eigenvalue weighted by Crippen LogP contribution is 2.32. The van der Waals surface area contributed by atoms with E-state index in [-0.39, 0.29) is 18.4 Å². The van der Waals surface area contributed by atoms with Gasteiger partial charge in [0.1, 0.15) is 5.75 Å². The van der Waals surface area contributed by atoms with Crippen LogP contribution in [0.1, 0.15) is 22.8 Å². The summed E-state index contributed by atoms with van der Waals surface area (Å²) in [5, 5.41) is 0. The maximum Gasteiger partial charge on any atom is 0.265 e. The standard InChI is InChI=1S/C24H22N2O3/c1-2-25(20-8-4-3-5-9-20)24(28)19-14-12-18(13-15-19)16-26-21-10-6-7-11-22(21)29-17-23(26)27/h3-15H,2,16-17H2,1H3. The molecule has 0 N–H and O–H groups in total. The number of para-hydroxylation sites is 3. The van der Waals surface area contributed by atoms with E-state index in [0.29, 0.717) is 24.4 Å². The molecule has 0 aromatic heterocycles. The molecule has 0 unspecified atom stereocenters. The second-order valence-electron chi connectivity index (χ2n) is 6.82. The van der Waals surface area contributed by atoms with Gasteiger partial charge in [0.2, 0.25) is 0 Å². The highest BCUT2D eigenvalue weighted by Gasteiger charge is 2.25. The molecule has 1 aliphatic heterocycles. The molecule has 3 aromatic rings. The van der Waals surface area contributed by atoms with Gasteiger partial charge in [0.05, 0.1) is 12.2 Å². The van der Waals surface area contributed by atoms with Gasteiger partial charge >= 0.3 is 0 Å². The lowest BCUT2D eigenvalue weighted by Crippen LogP contribution is -2.38. The predicted octanol–water partition coefficient (Wildman–Crippen LogP) is 4.28. The molecule has 5 heteroatoms. The summed E-state index contributed by atoms with van der Waals surface area (Å²) in [6.07, 6.45) is 0. The van der Waals surface area contributed by atoms with Gasteiger partial charge in [0.15, 0.2) is 6.61 Å². The van der Waals surface area contributed by atoms with Gasteiger partial charge in [-0.15, -0.1) is 0 Å². The fourth-order valence-electron chi connectivity index (χ4n) is 3.47. The third-order valence-electron chi connectivity index (χ3n) is 4.98. The largest absolute Gasteiger partial charge is 0.482 e. The van der Waals surface area contributed by atoms with Crippen molar-refractivity contribution in [2.45, 2.75) is 13.5 Å². The van der Waals surface area contributed by atoms with Gasteiger partial charge in [-0.2, -0.15) is 0 Å². The summed E-state index contributed by atoms with van der Waals surface area (Å²) in [5.74, 6) is 0.587. The van der Waals surface area contributed by atoms with E-state index in [1.165, 1.54) is 0 Å². The summed E-state index contributed by atoms with van der Waals surface area (Å²) in [4.78, 5) is 28.8. The Bertz CT molecular complexity index is 1020. The second kappa shape index (κ2) is 8.19. The average Bonchev–Trinajstić information content (AvgIpc) is 2.77. The van der Waals surface area contributed by atoms with Gasteiger partial charge in [0, 0.05) is 17.8 Å². The smallest absolute Gasteiger partial charge is 0.265 e. The van der Waals surface area contributed by atoms with Gasteiger partial charge in [-0.3, -0.25) is 9.59 Å². The lowest BCUT2D eigenvalue weighted by Gasteiger charge is -2.29. The second-order valence-corrected chi connectivity index (χ2v) is 6.82. The molecule has 3 aromatic carbocycles.